The minimum Gasteiger partial charge on any atom is -0.507 e. The number of carboxylic acids is 1. The summed E-state index contributed by atoms with van der Waals surface area (Å²) in [6, 6.07) is 4.39. The fourth-order valence-corrected chi connectivity index (χ4v) is 2.29. The lowest BCUT2D eigenvalue weighted by Gasteiger charge is -2.24. The van der Waals surface area contributed by atoms with E-state index in [0.717, 1.165) is 25.7 Å². The monoisotopic (exact) mass is 262 g/mol. The second kappa shape index (κ2) is 5.84. The molecule has 0 spiro atoms. The van der Waals surface area contributed by atoms with E-state index in [-0.39, 0.29) is 23.4 Å². The van der Waals surface area contributed by atoms with E-state index in [1.54, 1.807) is 12.3 Å². The Balaban J connectivity index is 2.12. The van der Waals surface area contributed by atoms with Crippen LogP contribution in [0.2, 0.25) is 0 Å². The maximum absolute atomic E-state index is 10.8. The molecule has 1 fully saturated rings. The van der Waals surface area contributed by atoms with Gasteiger partial charge in [-0.2, -0.15) is 0 Å². The van der Waals surface area contributed by atoms with E-state index >= 15 is 0 Å². The van der Waals surface area contributed by atoms with Crippen LogP contribution in [-0.4, -0.2) is 34.5 Å². The van der Waals surface area contributed by atoms with Gasteiger partial charge >= 0.3 is 5.97 Å². The molecule has 0 aliphatic heterocycles. The SMILES string of the molecule is N[C@@H]1CCCC[C@H]1N=Cc1ccc(C(=O)O)cc1O. The average molecular weight is 262 g/mol. The number of hydrogen-bond donors (Lipinski definition) is 3. The molecule has 0 aromatic heterocycles. The third-order valence-corrected chi connectivity index (χ3v) is 3.46. The number of phenolic OH excluding ortho intramolecular Hbond substituents is 1. The van der Waals surface area contributed by atoms with Crippen LogP contribution in [0.4, 0.5) is 0 Å². The molecule has 1 aromatic rings. The molecule has 1 saturated carbocycles. The Hall–Kier alpha value is -1.88. The largest absolute Gasteiger partial charge is 0.507 e. The van der Waals surface area contributed by atoms with Gasteiger partial charge in [-0.3, -0.25) is 4.99 Å². The Labute approximate surface area is 111 Å². The van der Waals surface area contributed by atoms with Crippen molar-refractivity contribution in [2.45, 2.75) is 37.8 Å². The summed E-state index contributed by atoms with van der Waals surface area (Å²) in [6.45, 7) is 0. The number of rotatable bonds is 3. The number of carbonyl (C=O) groups is 1. The summed E-state index contributed by atoms with van der Waals surface area (Å²) in [5, 5.41) is 18.6. The van der Waals surface area contributed by atoms with Gasteiger partial charge < -0.3 is 15.9 Å². The standard InChI is InChI=1S/C14H18N2O3/c15-11-3-1-2-4-12(11)16-8-10-6-5-9(14(18)19)7-13(10)17/h5-8,11-12,17H,1-4,15H2,(H,18,19)/t11-,12-/m1/s1. The van der Waals surface area contributed by atoms with Crippen LogP contribution in [0.5, 0.6) is 5.75 Å². The predicted molar refractivity (Wildman–Crippen MR) is 72.9 cm³/mol. The molecule has 19 heavy (non-hydrogen) atoms. The molecule has 4 N–H and O–H groups in total. The molecular formula is C14H18N2O3. The maximum atomic E-state index is 10.8. The Morgan fingerprint density at radius 3 is 2.74 bits per heavy atom. The Bertz CT molecular complexity index is 499. The van der Waals surface area contributed by atoms with Crippen molar-refractivity contribution in [3.05, 3.63) is 29.3 Å². The number of benzene rings is 1. The van der Waals surface area contributed by atoms with Gasteiger partial charge in [0.05, 0.1) is 11.6 Å². The molecule has 5 nitrogen and oxygen atoms in total. The number of aromatic hydroxyl groups is 1. The van der Waals surface area contributed by atoms with Crippen molar-refractivity contribution in [1.82, 2.24) is 0 Å². The van der Waals surface area contributed by atoms with Crippen LogP contribution in [0, 0.1) is 0 Å². The van der Waals surface area contributed by atoms with Gasteiger partial charge in [0.2, 0.25) is 0 Å². The normalized spacial score (nSPS) is 23.6. The van der Waals surface area contributed by atoms with Crippen molar-refractivity contribution in [3.8, 4) is 5.75 Å². The Morgan fingerprint density at radius 2 is 2.11 bits per heavy atom. The van der Waals surface area contributed by atoms with Crippen molar-refractivity contribution < 1.29 is 15.0 Å². The topological polar surface area (TPSA) is 95.9 Å². The van der Waals surface area contributed by atoms with Crippen molar-refractivity contribution in [3.63, 3.8) is 0 Å². The van der Waals surface area contributed by atoms with Gasteiger partial charge in [-0.25, -0.2) is 4.79 Å². The second-order valence-electron chi connectivity index (χ2n) is 4.87. The number of aromatic carboxylic acids is 1. The van der Waals surface area contributed by atoms with Crippen LogP contribution in [0.1, 0.15) is 41.6 Å². The summed E-state index contributed by atoms with van der Waals surface area (Å²) in [5.41, 5.74) is 6.57. The molecule has 1 aromatic carbocycles. The van der Waals surface area contributed by atoms with Crippen molar-refractivity contribution in [2.75, 3.05) is 0 Å². The van der Waals surface area contributed by atoms with Gasteiger partial charge in [0.25, 0.3) is 0 Å². The number of phenols is 1. The molecule has 1 aliphatic rings. The first-order valence-electron chi connectivity index (χ1n) is 6.43. The van der Waals surface area contributed by atoms with E-state index < -0.39 is 5.97 Å². The molecule has 102 valence electrons. The summed E-state index contributed by atoms with van der Waals surface area (Å²) < 4.78 is 0. The van der Waals surface area contributed by atoms with E-state index in [0.29, 0.717) is 5.56 Å². The fourth-order valence-electron chi connectivity index (χ4n) is 2.29. The molecule has 2 rings (SSSR count). The van der Waals surface area contributed by atoms with Crippen LogP contribution in [0.3, 0.4) is 0 Å². The average Bonchev–Trinajstić information content (AvgIpc) is 2.39. The highest BCUT2D eigenvalue weighted by molar-refractivity contribution is 5.91. The number of carboxylic acid groups (broad SMARTS) is 1. The molecular weight excluding hydrogens is 244 g/mol. The minimum absolute atomic E-state index is 0.0593. The lowest BCUT2D eigenvalue weighted by molar-refractivity contribution is 0.0696. The first-order chi connectivity index (χ1) is 9.08. The first-order valence-corrected chi connectivity index (χ1v) is 6.43. The first kappa shape index (κ1) is 13.5. The van der Waals surface area contributed by atoms with Gasteiger partial charge in [0, 0.05) is 17.8 Å². The summed E-state index contributed by atoms with van der Waals surface area (Å²) in [6.07, 6.45) is 5.79. The van der Waals surface area contributed by atoms with E-state index in [9.17, 15) is 9.90 Å². The van der Waals surface area contributed by atoms with E-state index in [4.69, 9.17) is 10.8 Å². The number of nitrogens with two attached hydrogens (primary N) is 1. The molecule has 0 amide bonds. The molecule has 0 bridgehead atoms. The van der Waals surface area contributed by atoms with E-state index in [2.05, 4.69) is 4.99 Å². The second-order valence-corrected chi connectivity index (χ2v) is 4.87. The number of aliphatic imine (C=N–C) groups is 1. The summed E-state index contributed by atoms with van der Waals surface area (Å²) in [4.78, 5) is 15.2. The molecule has 5 heteroatoms. The smallest absolute Gasteiger partial charge is 0.335 e. The van der Waals surface area contributed by atoms with Gasteiger partial charge in [-0.15, -0.1) is 0 Å². The lowest BCUT2D eigenvalue weighted by atomic mass is 9.91. The lowest BCUT2D eigenvalue weighted by Crippen LogP contribution is -2.36. The van der Waals surface area contributed by atoms with Gasteiger partial charge in [-0.1, -0.05) is 12.8 Å². The van der Waals surface area contributed by atoms with Gasteiger partial charge in [0.1, 0.15) is 5.75 Å². The summed E-state index contributed by atoms with van der Waals surface area (Å²) in [7, 11) is 0. The zero-order chi connectivity index (χ0) is 13.8. The van der Waals surface area contributed by atoms with Gasteiger partial charge in [0.15, 0.2) is 0 Å². The molecule has 0 radical (unpaired) electrons. The molecule has 2 atom stereocenters. The van der Waals surface area contributed by atoms with E-state index in [1.165, 1.54) is 12.1 Å². The zero-order valence-electron chi connectivity index (χ0n) is 10.6. The molecule has 1 aliphatic carbocycles. The van der Waals surface area contributed by atoms with Crippen LogP contribution < -0.4 is 5.73 Å². The predicted octanol–water partition coefficient (Wildman–Crippen LogP) is 1.78. The van der Waals surface area contributed by atoms with Crippen molar-refractivity contribution >= 4 is 12.2 Å². The summed E-state index contributed by atoms with van der Waals surface area (Å²) >= 11 is 0. The van der Waals surface area contributed by atoms with Crippen LogP contribution >= 0.6 is 0 Å². The third kappa shape index (κ3) is 3.32. The molecule has 0 unspecified atom stereocenters. The molecule has 0 saturated heterocycles. The highest BCUT2D eigenvalue weighted by atomic mass is 16.4. The highest BCUT2D eigenvalue weighted by Gasteiger charge is 2.20. The quantitative estimate of drug-likeness (QED) is 0.723. The molecule has 0 heterocycles. The number of hydrogen-bond acceptors (Lipinski definition) is 4. The minimum atomic E-state index is -1.06. The third-order valence-electron chi connectivity index (χ3n) is 3.46. The van der Waals surface area contributed by atoms with Crippen LogP contribution in [0.25, 0.3) is 0 Å². The van der Waals surface area contributed by atoms with Crippen LogP contribution in [0.15, 0.2) is 23.2 Å². The van der Waals surface area contributed by atoms with Crippen molar-refractivity contribution in [2.24, 2.45) is 10.7 Å². The van der Waals surface area contributed by atoms with Gasteiger partial charge in [-0.05, 0) is 31.0 Å². The van der Waals surface area contributed by atoms with E-state index in [1.807, 2.05) is 0 Å². The zero-order valence-corrected chi connectivity index (χ0v) is 10.6. The fraction of sp³-hybridized carbons (Fsp3) is 0.429. The highest BCUT2D eigenvalue weighted by Crippen LogP contribution is 2.21. The maximum Gasteiger partial charge on any atom is 0.335 e. The Morgan fingerprint density at radius 1 is 1.37 bits per heavy atom. The number of nitrogens with zero attached hydrogens (tertiary/aromatic N) is 1. The van der Waals surface area contributed by atoms with Crippen LogP contribution in [-0.2, 0) is 0 Å². The summed E-state index contributed by atoms with van der Waals surface area (Å²) in [5.74, 6) is -1.14. The Kier molecular flexibility index (Phi) is 4.16. The van der Waals surface area contributed by atoms with Crippen molar-refractivity contribution in [1.29, 1.82) is 0 Å².